The highest BCUT2D eigenvalue weighted by molar-refractivity contribution is 7.89. The van der Waals surface area contributed by atoms with Crippen LogP contribution in [-0.2, 0) is 14.8 Å². The molecule has 3 aromatic carbocycles. The zero-order chi connectivity index (χ0) is 32.2. The minimum atomic E-state index is -4.98. The molecule has 0 saturated carbocycles. The van der Waals surface area contributed by atoms with Gasteiger partial charge in [0, 0.05) is 34.9 Å². The van der Waals surface area contributed by atoms with Crippen molar-refractivity contribution in [1.82, 2.24) is 14.2 Å². The van der Waals surface area contributed by atoms with Crippen LogP contribution in [0.5, 0.6) is 5.75 Å². The molecule has 1 fully saturated rings. The van der Waals surface area contributed by atoms with Gasteiger partial charge in [-0.2, -0.15) is 0 Å². The summed E-state index contributed by atoms with van der Waals surface area (Å²) in [4.78, 5) is 14.0. The van der Waals surface area contributed by atoms with E-state index in [0.717, 1.165) is 24.3 Å². The largest absolute Gasteiger partial charge is 0.573 e. The number of benzene rings is 3. The Hall–Kier alpha value is -3.95. The van der Waals surface area contributed by atoms with E-state index in [1.807, 2.05) is 0 Å². The van der Waals surface area contributed by atoms with Crippen molar-refractivity contribution < 1.29 is 49.7 Å². The average molecular weight is 642 g/mol. The highest BCUT2D eigenvalue weighted by Crippen LogP contribution is 2.37. The van der Waals surface area contributed by atoms with Crippen LogP contribution in [-0.4, -0.2) is 66.3 Å². The van der Waals surface area contributed by atoms with Gasteiger partial charge in [-0.25, -0.2) is 26.7 Å². The number of nitrogens with one attached hydrogen (secondary N) is 1. The van der Waals surface area contributed by atoms with Crippen LogP contribution in [0.1, 0.15) is 26.8 Å². The van der Waals surface area contributed by atoms with E-state index in [9.17, 15) is 40.3 Å². The molecule has 3 atom stereocenters. The molecule has 0 radical (unpaired) electrons. The van der Waals surface area contributed by atoms with E-state index >= 15 is 0 Å². The van der Waals surface area contributed by atoms with Gasteiger partial charge < -0.3 is 24.0 Å². The van der Waals surface area contributed by atoms with Crippen molar-refractivity contribution in [3.8, 4) is 5.75 Å². The van der Waals surface area contributed by atoms with E-state index in [0.29, 0.717) is 21.8 Å². The summed E-state index contributed by atoms with van der Waals surface area (Å²) in [5, 5.41) is 12.3. The number of aliphatic hydroxyl groups excluding tert-OH is 1. The van der Waals surface area contributed by atoms with Gasteiger partial charge in [0.05, 0.1) is 23.1 Å². The molecule has 0 aliphatic carbocycles. The number of ether oxygens (including phenoxy) is 2. The number of hydrogen-bond acceptors (Lipinski definition) is 6. The first-order valence-corrected chi connectivity index (χ1v) is 14.8. The van der Waals surface area contributed by atoms with Crippen LogP contribution in [0.15, 0.2) is 65.6 Å². The molecule has 1 amide bonds. The van der Waals surface area contributed by atoms with Crippen LogP contribution < -0.4 is 9.46 Å². The first kappa shape index (κ1) is 31.5. The maximum Gasteiger partial charge on any atom is 0.573 e. The number of alkyl halides is 3. The van der Waals surface area contributed by atoms with Crippen LogP contribution in [0.4, 0.5) is 26.7 Å². The maximum absolute atomic E-state index is 14.3. The molecule has 1 aliphatic heterocycles. The maximum atomic E-state index is 14.3. The molecule has 1 saturated heterocycles. The SMILES string of the molecule is CC(C)(C)OC(=O)N1CC(n2c3ccc(F)cc3c3cc(F)ccc32)C(O)[C@H](NS(=O)(=O)c2ccc(OC(F)(F)F)cc2)C1. The standard InChI is InChI=1S/C29H28F5N3O6S/c1-28(2,3)43-27(39)36-14-22(35-44(40,41)19-8-6-18(7-9-19)42-29(32,33)34)26(38)25(15-36)37-23-10-4-16(30)12-20(23)21-13-17(31)5-11-24(21)37/h4-13,22,25-26,35,38H,14-15H2,1-3H3/t22-,25?,26?/m1/s1. The number of piperidine rings is 1. The Morgan fingerprint density at radius 2 is 1.45 bits per heavy atom. The molecular weight excluding hydrogens is 613 g/mol. The zero-order valence-electron chi connectivity index (χ0n) is 23.6. The Bertz CT molecular complexity index is 1760. The van der Waals surface area contributed by atoms with Crippen molar-refractivity contribution in [1.29, 1.82) is 0 Å². The van der Waals surface area contributed by atoms with Gasteiger partial charge in [0.1, 0.15) is 23.0 Å². The number of hydrogen-bond donors (Lipinski definition) is 2. The molecule has 1 aromatic heterocycles. The zero-order valence-corrected chi connectivity index (χ0v) is 24.4. The third-order valence-electron chi connectivity index (χ3n) is 7.01. The summed E-state index contributed by atoms with van der Waals surface area (Å²) in [6, 6.07) is 8.72. The third-order valence-corrected chi connectivity index (χ3v) is 8.52. The lowest BCUT2D eigenvalue weighted by Crippen LogP contribution is -2.60. The highest BCUT2D eigenvalue weighted by atomic mass is 32.2. The Labute approximate surface area is 248 Å². The van der Waals surface area contributed by atoms with Gasteiger partial charge >= 0.3 is 12.5 Å². The monoisotopic (exact) mass is 641 g/mol. The molecule has 2 N–H and O–H groups in total. The molecule has 44 heavy (non-hydrogen) atoms. The molecule has 1 aliphatic rings. The summed E-state index contributed by atoms with van der Waals surface area (Å²) < 4.78 is 106. The quantitative estimate of drug-likeness (QED) is 0.280. The van der Waals surface area contributed by atoms with Gasteiger partial charge in [0.2, 0.25) is 10.0 Å². The topological polar surface area (TPSA) is 110 Å². The van der Waals surface area contributed by atoms with Crippen LogP contribution >= 0.6 is 0 Å². The Kier molecular flexibility index (Phi) is 8.01. The molecule has 9 nitrogen and oxygen atoms in total. The smallest absolute Gasteiger partial charge is 0.444 e. The van der Waals surface area contributed by atoms with Gasteiger partial charge in [0.15, 0.2) is 0 Å². The van der Waals surface area contributed by atoms with E-state index in [-0.39, 0.29) is 13.1 Å². The number of likely N-dealkylation sites (tertiary alicyclic amines) is 1. The van der Waals surface area contributed by atoms with E-state index in [1.54, 1.807) is 25.3 Å². The second-order valence-electron chi connectivity index (χ2n) is 11.4. The van der Waals surface area contributed by atoms with Gasteiger partial charge in [-0.1, -0.05) is 0 Å². The summed E-state index contributed by atoms with van der Waals surface area (Å²) in [6.45, 7) is 4.43. The number of sulfonamides is 1. The molecule has 2 heterocycles. The van der Waals surface area contributed by atoms with Gasteiger partial charge in [-0.3, -0.25) is 0 Å². The molecular formula is C29H28F5N3O6S. The number of aliphatic hydroxyl groups is 1. The first-order chi connectivity index (χ1) is 20.4. The van der Waals surface area contributed by atoms with Crippen molar-refractivity contribution in [3.05, 3.63) is 72.3 Å². The second-order valence-corrected chi connectivity index (χ2v) is 13.1. The lowest BCUT2D eigenvalue weighted by Gasteiger charge is -2.42. The number of amides is 1. The summed E-state index contributed by atoms with van der Waals surface area (Å²) in [7, 11) is -4.46. The van der Waals surface area contributed by atoms with Crippen LogP contribution in [0.25, 0.3) is 21.8 Å². The molecule has 15 heteroatoms. The Morgan fingerprint density at radius 1 is 0.909 bits per heavy atom. The fourth-order valence-electron chi connectivity index (χ4n) is 5.28. The fourth-order valence-corrected chi connectivity index (χ4v) is 6.52. The minimum Gasteiger partial charge on any atom is -0.444 e. The van der Waals surface area contributed by atoms with Crippen LogP contribution in [0.3, 0.4) is 0 Å². The minimum absolute atomic E-state index is 0.161. The second kappa shape index (κ2) is 11.2. The number of carbonyl (C=O) groups excluding carboxylic acids is 1. The number of nitrogens with zero attached hydrogens (tertiary/aromatic N) is 2. The molecule has 5 rings (SSSR count). The average Bonchev–Trinajstić information content (AvgIpc) is 3.20. The van der Waals surface area contributed by atoms with Crippen LogP contribution in [0.2, 0.25) is 0 Å². The van der Waals surface area contributed by atoms with E-state index in [4.69, 9.17) is 4.74 Å². The van der Waals surface area contributed by atoms with Gasteiger partial charge in [-0.05, 0) is 81.4 Å². The van der Waals surface area contributed by atoms with Gasteiger partial charge in [-0.15, -0.1) is 13.2 Å². The lowest BCUT2D eigenvalue weighted by molar-refractivity contribution is -0.274. The number of aromatic nitrogens is 1. The highest BCUT2D eigenvalue weighted by Gasteiger charge is 2.43. The normalized spacial score (nSPS) is 19.8. The summed E-state index contributed by atoms with van der Waals surface area (Å²) >= 11 is 0. The summed E-state index contributed by atoms with van der Waals surface area (Å²) in [5.41, 5.74) is -0.132. The van der Waals surface area contributed by atoms with Gasteiger partial charge in [0.25, 0.3) is 0 Å². The Balaban J connectivity index is 1.56. The van der Waals surface area contributed by atoms with E-state index in [2.05, 4.69) is 9.46 Å². The predicted molar refractivity (Wildman–Crippen MR) is 149 cm³/mol. The molecule has 2 unspecified atom stereocenters. The van der Waals surface area contributed by atoms with Crippen molar-refractivity contribution in [2.75, 3.05) is 13.1 Å². The fraction of sp³-hybridized carbons (Fsp3) is 0.345. The van der Waals surface area contributed by atoms with Crippen molar-refractivity contribution in [2.45, 2.75) is 55.8 Å². The molecule has 0 spiro atoms. The first-order valence-electron chi connectivity index (χ1n) is 13.3. The Morgan fingerprint density at radius 3 is 1.95 bits per heavy atom. The van der Waals surface area contributed by atoms with Crippen LogP contribution in [0, 0.1) is 11.6 Å². The lowest BCUT2D eigenvalue weighted by atomic mass is 9.97. The van der Waals surface area contributed by atoms with Crippen molar-refractivity contribution in [2.24, 2.45) is 0 Å². The molecule has 236 valence electrons. The van der Waals surface area contributed by atoms with E-state index in [1.165, 1.54) is 41.3 Å². The number of rotatable bonds is 5. The molecule has 4 aromatic rings. The number of fused-ring (bicyclic) bond motifs is 3. The van der Waals surface area contributed by atoms with Crippen molar-refractivity contribution >= 4 is 37.9 Å². The van der Waals surface area contributed by atoms with E-state index < -0.39 is 68.5 Å². The molecule has 0 bridgehead atoms. The predicted octanol–water partition coefficient (Wildman–Crippen LogP) is 5.47. The number of halogens is 5. The third kappa shape index (κ3) is 6.59. The summed E-state index contributed by atoms with van der Waals surface area (Å²) in [5.74, 6) is -1.81. The van der Waals surface area contributed by atoms with Crippen molar-refractivity contribution in [3.63, 3.8) is 0 Å². The number of carbonyl (C=O) groups is 1. The summed E-state index contributed by atoms with van der Waals surface area (Å²) in [6.07, 6.45) is -7.27.